The molecular weight excluding hydrogens is 470 g/mol. The number of alkyl carbamates (subject to hydrolysis) is 1. The van der Waals surface area contributed by atoms with Crippen LogP contribution in [0.2, 0.25) is 0 Å². The van der Waals surface area contributed by atoms with Gasteiger partial charge in [-0.05, 0) is 42.0 Å². The molecule has 184 valence electrons. The summed E-state index contributed by atoms with van der Waals surface area (Å²) in [6.07, 6.45) is -2.91. The zero-order valence-corrected chi connectivity index (χ0v) is 19.1. The smallest absolute Gasteiger partial charge is 0.408 e. The van der Waals surface area contributed by atoms with Gasteiger partial charge in [0.25, 0.3) is 0 Å². The number of fused-ring (bicyclic) bond motifs is 3. The number of methoxy groups -OCH3 is 1. The molecule has 3 aromatic carbocycles. The van der Waals surface area contributed by atoms with Crippen LogP contribution >= 0.6 is 0 Å². The topological polar surface area (TPSA) is 111 Å². The summed E-state index contributed by atoms with van der Waals surface area (Å²) >= 11 is 0. The van der Waals surface area contributed by atoms with Gasteiger partial charge >= 0.3 is 6.09 Å². The van der Waals surface area contributed by atoms with Crippen molar-refractivity contribution < 1.29 is 42.7 Å². The maximum atomic E-state index is 13.5. The predicted molar refractivity (Wildman–Crippen MR) is 123 cm³/mol. The molecule has 0 spiro atoms. The first-order chi connectivity index (χ1) is 17.6. The first kappa shape index (κ1) is 21.9. The minimum atomic E-state index is -1.23. The van der Waals surface area contributed by atoms with Gasteiger partial charge in [-0.2, -0.15) is 0 Å². The minimum Gasteiger partial charge on any atom is -0.497 e. The Morgan fingerprint density at radius 3 is 2.39 bits per heavy atom. The molecule has 0 fully saturated rings. The highest BCUT2D eigenvalue weighted by Crippen LogP contribution is 2.41. The highest BCUT2D eigenvalue weighted by molar-refractivity contribution is 6.04. The molecule has 0 aliphatic carbocycles. The summed E-state index contributed by atoms with van der Waals surface area (Å²) < 4.78 is 38.6. The summed E-state index contributed by atoms with van der Waals surface area (Å²) in [4.78, 5) is 26.2. The molecule has 0 radical (unpaired) electrons. The van der Waals surface area contributed by atoms with Crippen LogP contribution in [-0.2, 0) is 11.3 Å². The summed E-state index contributed by atoms with van der Waals surface area (Å²) in [6, 6.07) is 15.4. The van der Waals surface area contributed by atoms with E-state index in [2.05, 4.69) is 5.32 Å². The number of benzene rings is 3. The van der Waals surface area contributed by atoms with E-state index in [-0.39, 0.29) is 25.9 Å². The van der Waals surface area contributed by atoms with Crippen LogP contribution in [-0.4, -0.2) is 38.7 Å². The lowest BCUT2D eigenvalue weighted by Gasteiger charge is -2.32. The van der Waals surface area contributed by atoms with Crippen LogP contribution in [0.15, 0.2) is 54.6 Å². The molecule has 1 N–H and O–H groups in total. The third-order valence-electron chi connectivity index (χ3n) is 6.07. The lowest BCUT2D eigenvalue weighted by molar-refractivity contribution is 0.00884. The maximum absolute atomic E-state index is 13.5. The van der Waals surface area contributed by atoms with Gasteiger partial charge in [-0.25, -0.2) is 4.79 Å². The Bertz CT molecular complexity index is 1360. The van der Waals surface area contributed by atoms with E-state index in [1.165, 1.54) is 7.11 Å². The van der Waals surface area contributed by atoms with Gasteiger partial charge in [-0.1, -0.05) is 12.1 Å². The molecule has 3 aromatic rings. The molecule has 3 aliphatic heterocycles. The SMILES string of the molecule is COc1ccc2c(c1)O[C@H](c1ccc3c(c1)OCO3)[C@@H](OC(=O)NCc1ccc3c(c1)OCO3)C2=O. The molecule has 3 aliphatic rings. The van der Waals surface area contributed by atoms with Crippen molar-refractivity contribution in [3.05, 3.63) is 71.3 Å². The minimum absolute atomic E-state index is 0.103. The van der Waals surface area contributed by atoms with E-state index >= 15 is 0 Å². The predicted octanol–water partition coefficient (Wildman–Crippen LogP) is 3.76. The van der Waals surface area contributed by atoms with Gasteiger partial charge in [0, 0.05) is 18.2 Å². The second kappa shape index (κ2) is 8.88. The van der Waals surface area contributed by atoms with Gasteiger partial charge in [-0.3, -0.25) is 4.79 Å². The monoisotopic (exact) mass is 491 g/mol. The van der Waals surface area contributed by atoms with Gasteiger partial charge in [0.05, 0.1) is 12.7 Å². The number of nitrogens with one attached hydrogen (secondary N) is 1. The van der Waals surface area contributed by atoms with Crippen molar-refractivity contribution >= 4 is 11.9 Å². The van der Waals surface area contributed by atoms with Crippen LogP contribution in [0.5, 0.6) is 34.5 Å². The fourth-order valence-corrected chi connectivity index (χ4v) is 4.25. The summed E-state index contributed by atoms with van der Waals surface area (Å²) in [5.74, 6) is 2.84. The van der Waals surface area contributed by atoms with Gasteiger partial charge < -0.3 is 38.5 Å². The number of amides is 1. The average molecular weight is 491 g/mol. The zero-order valence-electron chi connectivity index (χ0n) is 19.1. The lowest BCUT2D eigenvalue weighted by atomic mass is 9.93. The number of carbonyl (C=O) groups is 2. The number of ether oxygens (including phenoxy) is 7. The van der Waals surface area contributed by atoms with Crippen molar-refractivity contribution in [1.82, 2.24) is 5.32 Å². The third kappa shape index (κ3) is 3.96. The van der Waals surface area contributed by atoms with E-state index in [1.54, 1.807) is 48.5 Å². The standard InChI is InChI=1S/C26H21NO9/c1-30-16-4-5-17-20(10-16)35-24(15-3-7-19-22(9-15)34-13-32-19)25(23(17)28)36-26(29)27-11-14-2-6-18-21(8-14)33-12-31-18/h2-10,24-25H,11-13H2,1H3,(H,27,29)/t24-,25+/m1/s1. The number of rotatable bonds is 5. The number of ketones is 1. The van der Waals surface area contributed by atoms with Crippen LogP contribution < -0.4 is 33.7 Å². The Balaban J connectivity index is 1.24. The van der Waals surface area contributed by atoms with Gasteiger partial charge in [0.15, 0.2) is 29.1 Å². The van der Waals surface area contributed by atoms with Crippen LogP contribution in [0.3, 0.4) is 0 Å². The third-order valence-corrected chi connectivity index (χ3v) is 6.07. The Morgan fingerprint density at radius 2 is 1.61 bits per heavy atom. The molecule has 0 saturated heterocycles. The van der Waals surface area contributed by atoms with E-state index in [4.69, 9.17) is 33.2 Å². The Morgan fingerprint density at radius 1 is 0.889 bits per heavy atom. The molecular formula is C26H21NO9. The van der Waals surface area contributed by atoms with Gasteiger partial charge in [-0.15, -0.1) is 0 Å². The molecule has 10 heteroatoms. The van der Waals surface area contributed by atoms with Crippen molar-refractivity contribution in [1.29, 1.82) is 0 Å². The first-order valence-electron chi connectivity index (χ1n) is 11.2. The summed E-state index contributed by atoms with van der Waals surface area (Å²) in [6.45, 7) is 0.428. The first-order valence-corrected chi connectivity index (χ1v) is 11.2. The zero-order chi connectivity index (χ0) is 24.6. The molecule has 6 rings (SSSR count). The average Bonchev–Trinajstić information content (AvgIpc) is 3.57. The van der Waals surface area contributed by atoms with Crippen LogP contribution in [0.4, 0.5) is 4.79 Å². The van der Waals surface area contributed by atoms with E-state index in [1.807, 2.05) is 6.07 Å². The van der Waals surface area contributed by atoms with Crippen LogP contribution in [0.1, 0.15) is 27.6 Å². The normalized spacial score (nSPS) is 18.8. The van der Waals surface area contributed by atoms with Gasteiger partial charge in [0.1, 0.15) is 11.5 Å². The molecule has 0 bridgehead atoms. The number of carbonyl (C=O) groups excluding carboxylic acids is 2. The Kier molecular flexibility index (Phi) is 5.40. The molecule has 1 amide bonds. The highest BCUT2D eigenvalue weighted by atomic mass is 16.7. The number of hydrogen-bond donors (Lipinski definition) is 1. The fourth-order valence-electron chi connectivity index (χ4n) is 4.25. The highest BCUT2D eigenvalue weighted by Gasteiger charge is 2.42. The molecule has 0 saturated carbocycles. The van der Waals surface area contributed by atoms with Crippen LogP contribution in [0, 0.1) is 0 Å². The van der Waals surface area contributed by atoms with E-state index in [0.29, 0.717) is 45.6 Å². The largest absolute Gasteiger partial charge is 0.497 e. The van der Waals surface area contributed by atoms with Crippen molar-refractivity contribution in [3.8, 4) is 34.5 Å². The number of hydrogen-bond acceptors (Lipinski definition) is 9. The molecule has 36 heavy (non-hydrogen) atoms. The molecule has 2 atom stereocenters. The van der Waals surface area contributed by atoms with Crippen molar-refractivity contribution in [2.45, 2.75) is 18.8 Å². The van der Waals surface area contributed by atoms with E-state index in [0.717, 1.165) is 5.56 Å². The quantitative estimate of drug-likeness (QED) is 0.570. The fraction of sp³-hybridized carbons (Fsp3) is 0.231. The molecule has 10 nitrogen and oxygen atoms in total. The molecule has 0 aromatic heterocycles. The molecule has 3 heterocycles. The summed E-state index contributed by atoms with van der Waals surface area (Å²) in [5, 5.41) is 2.68. The van der Waals surface area contributed by atoms with Crippen LogP contribution in [0.25, 0.3) is 0 Å². The van der Waals surface area contributed by atoms with Gasteiger partial charge in [0.2, 0.25) is 25.5 Å². The second-order valence-electron chi connectivity index (χ2n) is 8.24. The number of Topliss-reactive ketones (excluding diaryl/α,β-unsaturated/α-hetero) is 1. The molecule has 0 unspecified atom stereocenters. The Labute approximate surface area is 205 Å². The second-order valence-corrected chi connectivity index (χ2v) is 8.24. The lowest BCUT2D eigenvalue weighted by Crippen LogP contribution is -2.42. The summed E-state index contributed by atoms with van der Waals surface area (Å²) in [5.41, 5.74) is 1.67. The maximum Gasteiger partial charge on any atom is 0.408 e. The summed E-state index contributed by atoms with van der Waals surface area (Å²) in [7, 11) is 1.53. The van der Waals surface area contributed by atoms with Crippen molar-refractivity contribution in [2.75, 3.05) is 20.7 Å². The van der Waals surface area contributed by atoms with E-state index in [9.17, 15) is 9.59 Å². The Hall–Kier alpha value is -4.60. The van der Waals surface area contributed by atoms with E-state index < -0.39 is 18.3 Å². The van der Waals surface area contributed by atoms with Crippen molar-refractivity contribution in [3.63, 3.8) is 0 Å². The van der Waals surface area contributed by atoms with Crippen molar-refractivity contribution in [2.24, 2.45) is 0 Å².